The SMILES string of the molecule is CCN(c1scc(C(=O)OC)c1C)C1CCOCC1.COC(=O)c1csc(N)c1C. The molecular weight excluding hydrogens is 424 g/mol. The highest BCUT2D eigenvalue weighted by molar-refractivity contribution is 7.15. The van der Waals surface area contributed by atoms with Crippen LogP contribution in [-0.4, -0.2) is 52.0 Å². The minimum absolute atomic E-state index is 0.247. The monoisotopic (exact) mass is 454 g/mol. The number of carbonyl (C=O) groups excluding carboxylic acids is 2. The second-order valence-corrected chi connectivity index (χ2v) is 8.60. The van der Waals surface area contributed by atoms with Crippen molar-refractivity contribution >= 4 is 44.6 Å². The molecule has 2 aromatic rings. The van der Waals surface area contributed by atoms with Gasteiger partial charge in [0.15, 0.2) is 0 Å². The Bertz CT molecular complexity index is 856. The first-order valence-corrected chi connectivity index (χ1v) is 11.5. The van der Waals surface area contributed by atoms with Crippen LogP contribution in [0.5, 0.6) is 0 Å². The van der Waals surface area contributed by atoms with Crippen molar-refractivity contribution in [3.8, 4) is 0 Å². The number of esters is 2. The van der Waals surface area contributed by atoms with E-state index >= 15 is 0 Å². The van der Waals surface area contributed by atoms with Crippen molar-refractivity contribution in [1.29, 1.82) is 0 Å². The van der Waals surface area contributed by atoms with Gasteiger partial charge in [-0.05, 0) is 44.7 Å². The molecule has 1 saturated heterocycles. The van der Waals surface area contributed by atoms with E-state index in [1.54, 1.807) is 23.6 Å². The molecule has 0 radical (unpaired) electrons. The summed E-state index contributed by atoms with van der Waals surface area (Å²) in [5.74, 6) is -0.571. The highest BCUT2D eigenvalue weighted by Gasteiger charge is 2.25. The van der Waals surface area contributed by atoms with Crippen molar-refractivity contribution in [2.75, 3.05) is 44.6 Å². The first-order chi connectivity index (χ1) is 14.3. The fourth-order valence-corrected chi connectivity index (χ4v) is 5.32. The summed E-state index contributed by atoms with van der Waals surface area (Å²) in [5.41, 5.74) is 8.64. The van der Waals surface area contributed by atoms with Gasteiger partial charge in [0.25, 0.3) is 0 Å². The smallest absolute Gasteiger partial charge is 0.339 e. The molecule has 166 valence electrons. The average Bonchev–Trinajstić information content (AvgIpc) is 3.31. The molecule has 0 aliphatic carbocycles. The molecule has 3 rings (SSSR count). The Morgan fingerprint density at radius 2 is 1.60 bits per heavy atom. The van der Waals surface area contributed by atoms with Crippen molar-refractivity contribution in [2.24, 2.45) is 0 Å². The van der Waals surface area contributed by atoms with Gasteiger partial charge in [-0.25, -0.2) is 9.59 Å². The molecule has 0 unspecified atom stereocenters. The van der Waals surface area contributed by atoms with Crippen molar-refractivity contribution < 1.29 is 23.8 Å². The number of nitrogens with zero attached hydrogens (tertiary/aromatic N) is 1. The first-order valence-electron chi connectivity index (χ1n) is 9.78. The van der Waals surface area contributed by atoms with Gasteiger partial charge in [0, 0.05) is 36.6 Å². The number of hydrogen-bond acceptors (Lipinski definition) is 9. The van der Waals surface area contributed by atoms with Gasteiger partial charge >= 0.3 is 11.9 Å². The van der Waals surface area contributed by atoms with E-state index in [0.29, 0.717) is 22.2 Å². The molecule has 0 aromatic carbocycles. The highest BCUT2D eigenvalue weighted by Crippen LogP contribution is 2.34. The number of hydrogen-bond donors (Lipinski definition) is 1. The lowest BCUT2D eigenvalue weighted by Crippen LogP contribution is -2.39. The maximum atomic E-state index is 11.7. The molecule has 0 atom stereocenters. The Morgan fingerprint density at radius 1 is 1.07 bits per heavy atom. The van der Waals surface area contributed by atoms with Gasteiger partial charge in [0.2, 0.25) is 0 Å². The van der Waals surface area contributed by atoms with Crippen molar-refractivity contribution in [1.82, 2.24) is 0 Å². The predicted octanol–water partition coefficient (Wildman–Crippen LogP) is 4.27. The van der Waals surface area contributed by atoms with Crippen LogP contribution in [0.15, 0.2) is 10.8 Å². The molecule has 0 saturated carbocycles. The van der Waals surface area contributed by atoms with E-state index in [1.807, 2.05) is 12.3 Å². The molecule has 0 spiro atoms. The molecule has 0 amide bonds. The fraction of sp³-hybridized carbons (Fsp3) is 0.524. The molecule has 3 heterocycles. The van der Waals surface area contributed by atoms with E-state index in [9.17, 15) is 9.59 Å². The van der Waals surface area contributed by atoms with Gasteiger partial charge in [-0.2, -0.15) is 0 Å². The van der Waals surface area contributed by atoms with Crippen LogP contribution in [0.25, 0.3) is 0 Å². The molecule has 30 heavy (non-hydrogen) atoms. The second-order valence-electron chi connectivity index (χ2n) is 6.83. The molecule has 7 nitrogen and oxygen atoms in total. The normalized spacial score (nSPS) is 13.9. The minimum atomic E-state index is -0.324. The third-order valence-corrected chi connectivity index (χ3v) is 7.17. The van der Waals surface area contributed by atoms with Crippen LogP contribution in [0.4, 0.5) is 10.0 Å². The number of nitrogens with two attached hydrogens (primary N) is 1. The molecule has 1 aliphatic rings. The number of anilines is 2. The fourth-order valence-electron chi connectivity index (χ4n) is 3.31. The Kier molecular flexibility index (Phi) is 9.13. The number of nitrogen functional groups attached to an aromatic ring is 1. The molecule has 9 heteroatoms. The van der Waals surface area contributed by atoms with Crippen molar-refractivity contribution in [3.05, 3.63) is 33.0 Å². The zero-order chi connectivity index (χ0) is 22.3. The van der Waals surface area contributed by atoms with E-state index in [1.165, 1.54) is 30.6 Å². The van der Waals surface area contributed by atoms with Crippen LogP contribution in [0.2, 0.25) is 0 Å². The Hall–Kier alpha value is -2.10. The summed E-state index contributed by atoms with van der Waals surface area (Å²) < 4.78 is 14.8. The van der Waals surface area contributed by atoms with E-state index < -0.39 is 0 Å². The zero-order valence-electron chi connectivity index (χ0n) is 18.1. The van der Waals surface area contributed by atoms with E-state index in [0.717, 1.165) is 43.7 Å². The van der Waals surface area contributed by atoms with Gasteiger partial charge < -0.3 is 24.8 Å². The van der Waals surface area contributed by atoms with Crippen LogP contribution < -0.4 is 10.6 Å². The molecule has 1 aliphatic heterocycles. The number of carbonyl (C=O) groups is 2. The number of thiophene rings is 2. The summed E-state index contributed by atoms with van der Waals surface area (Å²) in [5, 5.41) is 5.47. The van der Waals surface area contributed by atoms with E-state index in [2.05, 4.69) is 16.6 Å². The van der Waals surface area contributed by atoms with Crippen LogP contribution in [-0.2, 0) is 14.2 Å². The summed E-state index contributed by atoms with van der Waals surface area (Å²) in [6.07, 6.45) is 2.11. The highest BCUT2D eigenvalue weighted by atomic mass is 32.1. The number of ether oxygens (including phenoxy) is 3. The summed E-state index contributed by atoms with van der Waals surface area (Å²) in [4.78, 5) is 25.1. The first kappa shape index (κ1) is 24.2. The summed E-state index contributed by atoms with van der Waals surface area (Å²) in [7, 11) is 2.78. The average molecular weight is 455 g/mol. The van der Waals surface area contributed by atoms with Gasteiger partial charge in [0.05, 0.1) is 35.3 Å². The lowest BCUT2D eigenvalue weighted by Gasteiger charge is -2.34. The Balaban J connectivity index is 0.000000248. The molecular formula is C21H30N2O5S2. The van der Waals surface area contributed by atoms with Crippen molar-refractivity contribution in [2.45, 2.75) is 39.7 Å². The van der Waals surface area contributed by atoms with Crippen LogP contribution in [0.3, 0.4) is 0 Å². The molecule has 0 bridgehead atoms. The Labute approximate surface area is 185 Å². The largest absolute Gasteiger partial charge is 0.465 e. The Morgan fingerprint density at radius 3 is 2.07 bits per heavy atom. The summed E-state index contributed by atoms with van der Waals surface area (Å²) in [6, 6.07) is 0.515. The second kappa shape index (κ2) is 11.3. The lowest BCUT2D eigenvalue weighted by atomic mass is 10.1. The molecule has 2 aromatic heterocycles. The molecule has 2 N–H and O–H groups in total. The van der Waals surface area contributed by atoms with Gasteiger partial charge in [-0.1, -0.05) is 0 Å². The molecule has 1 fully saturated rings. The number of methoxy groups -OCH3 is 2. The van der Waals surface area contributed by atoms with Gasteiger partial charge in [-0.3, -0.25) is 0 Å². The quantitative estimate of drug-likeness (QED) is 0.675. The maximum Gasteiger partial charge on any atom is 0.339 e. The van der Waals surface area contributed by atoms with Crippen molar-refractivity contribution in [3.63, 3.8) is 0 Å². The van der Waals surface area contributed by atoms with E-state index in [-0.39, 0.29) is 11.9 Å². The summed E-state index contributed by atoms with van der Waals surface area (Å²) in [6.45, 7) is 8.57. The topological polar surface area (TPSA) is 91.1 Å². The third kappa shape index (κ3) is 5.53. The van der Waals surface area contributed by atoms with E-state index in [4.69, 9.17) is 15.2 Å². The summed E-state index contributed by atoms with van der Waals surface area (Å²) >= 11 is 2.98. The van der Waals surface area contributed by atoms with Crippen LogP contribution >= 0.6 is 22.7 Å². The van der Waals surface area contributed by atoms with Gasteiger partial charge in [-0.15, -0.1) is 22.7 Å². The maximum absolute atomic E-state index is 11.7. The van der Waals surface area contributed by atoms with Gasteiger partial charge in [0.1, 0.15) is 0 Å². The van der Waals surface area contributed by atoms with Crippen LogP contribution in [0, 0.1) is 13.8 Å². The number of rotatable bonds is 5. The zero-order valence-corrected chi connectivity index (χ0v) is 19.8. The minimum Gasteiger partial charge on any atom is -0.465 e. The van der Waals surface area contributed by atoms with Crippen LogP contribution in [0.1, 0.15) is 51.6 Å². The predicted molar refractivity (Wildman–Crippen MR) is 122 cm³/mol. The third-order valence-electron chi connectivity index (χ3n) is 5.13. The standard InChI is InChI=1S/C14H21NO3S.C7H9NO2S/c1-4-15(11-5-7-18-8-6-11)13-10(2)12(9-19-13)14(16)17-3;1-4-5(7(9)10-2)3-11-6(4)8/h9,11H,4-8H2,1-3H3;3H,8H2,1-2H3. The lowest BCUT2D eigenvalue weighted by molar-refractivity contribution is 0.0591.